The van der Waals surface area contributed by atoms with Crippen LogP contribution >= 0.6 is 0 Å². The van der Waals surface area contributed by atoms with Gasteiger partial charge in [-0.3, -0.25) is 9.78 Å². The summed E-state index contributed by atoms with van der Waals surface area (Å²) in [6.45, 7) is 10.6. The number of carbonyl (C=O) groups excluding carboxylic acids is 1. The minimum absolute atomic E-state index is 0.124. The van der Waals surface area contributed by atoms with E-state index < -0.39 is 11.2 Å². The predicted octanol–water partition coefficient (Wildman–Crippen LogP) is 8.92. The first-order valence-corrected chi connectivity index (χ1v) is 20.5. The summed E-state index contributed by atoms with van der Waals surface area (Å²) < 4.78 is 30.9. The van der Waals surface area contributed by atoms with Crippen LogP contribution in [0.5, 0.6) is 5.75 Å². The number of pyridine rings is 1. The number of aromatic nitrogens is 1. The molecule has 8 nitrogen and oxygen atoms in total. The highest BCUT2D eigenvalue weighted by Crippen LogP contribution is 2.34. The van der Waals surface area contributed by atoms with Crippen LogP contribution < -0.4 is 15.0 Å². The molecule has 1 N–H and O–H groups in total. The number of rotatable bonds is 16. The predicted molar refractivity (Wildman–Crippen MR) is 215 cm³/mol. The minimum Gasteiger partial charge on any atom is -0.611 e. The van der Waals surface area contributed by atoms with Crippen LogP contribution in [-0.4, -0.2) is 61.1 Å². The van der Waals surface area contributed by atoms with Crippen molar-refractivity contribution >= 4 is 34.5 Å². The molecule has 2 atom stereocenters. The van der Waals surface area contributed by atoms with Gasteiger partial charge in [0, 0.05) is 60.7 Å². The summed E-state index contributed by atoms with van der Waals surface area (Å²) in [5, 5.41) is 3.11. The molecule has 280 valence electrons. The number of carbonyl (C=O) groups is 1. The fourth-order valence-corrected chi connectivity index (χ4v) is 8.25. The van der Waals surface area contributed by atoms with Crippen LogP contribution in [-0.2, 0) is 37.6 Å². The smallest absolute Gasteiger partial charge is 0.251 e. The molecule has 0 bridgehead atoms. The van der Waals surface area contributed by atoms with E-state index in [9.17, 15) is 9.35 Å². The van der Waals surface area contributed by atoms with Crippen molar-refractivity contribution in [2.24, 2.45) is 0 Å². The second-order valence-corrected chi connectivity index (χ2v) is 15.3. The van der Waals surface area contributed by atoms with Crippen molar-refractivity contribution in [1.29, 1.82) is 0 Å². The molecule has 2 aliphatic rings. The fraction of sp³-hybridized carbons (Fsp3) is 0.409. The van der Waals surface area contributed by atoms with Crippen LogP contribution in [0.15, 0.2) is 89.5 Å². The van der Waals surface area contributed by atoms with Gasteiger partial charge in [0.15, 0.2) is 4.90 Å². The third-order valence-corrected chi connectivity index (χ3v) is 11.4. The molecule has 53 heavy (non-hydrogen) atoms. The maximum Gasteiger partial charge on any atom is 0.251 e. The number of benzene rings is 3. The van der Waals surface area contributed by atoms with Gasteiger partial charge in [0.1, 0.15) is 18.1 Å². The molecule has 1 fully saturated rings. The summed E-state index contributed by atoms with van der Waals surface area (Å²) in [5.41, 5.74) is 8.82. The number of fused-ring (bicyclic) bond motifs is 1. The van der Waals surface area contributed by atoms with Crippen LogP contribution in [0.1, 0.15) is 74.8 Å². The van der Waals surface area contributed by atoms with Gasteiger partial charge in [-0.05, 0) is 140 Å². The van der Waals surface area contributed by atoms with Crippen molar-refractivity contribution in [3.63, 3.8) is 0 Å². The van der Waals surface area contributed by atoms with Crippen molar-refractivity contribution in [1.82, 2.24) is 4.98 Å². The number of hydrogen-bond donors (Lipinski definition) is 1. The van der Waals surface area contributed by atoms with E-state index in [-0.39, 0.29) is 12.0 Å². The summed E-state index contributed by atoms with van der Waals surface area (Å²) in [7, 11) is 0. The summed E-state index contributed by atoms with van der Waals surface area (Å²) in [6, 6.07) is 24.1. The van der Waals surface area contributed by atoms with Gasteiger partial charge in [-0.25, -0.2) is 0 Å². The molecular formula is C44H53N3O5S. The van der Waals surface area contributed by atoms with Gasteiger partial charge >= 0.3 is 0 Å². The summed E-state index contributed by atoms with van der Waals surface area (Å²) >= 11 is -1.23. The maximum atomic E-state index is 13.8. The molecule has 0 aliphatic carbocycles. The first-order valence-electron chi connectivity index (χ1n) is 19.2. The number of amides is 1. The van der Waals surface area contributed by atoms with E-state index in [0.29, 0.717) is 31.1 Å². The Labute approximate surface area is 318 Å². The van der Waals surface area contributed by atoms with Gasteiger partial charge in [0.25, 0.3) is 5.91 Å². The normalized spacial score (nSPS) is 17.3. The van der Waals surface area contributed by atoms with E-state index in [4.69, 9.17) is 14.2 Å². The zero-order chi connectivity index (χ0) is 37.0. The van der Waals surface area contributed by atoms with E-state index in [2.05, 4.69) is 65.5 Å². The largest absolute Gasteiger partial charge is 0.611 e. The average molecular weight is 736 g/mol. The molecule has 1 amide bonds. The highest BCUT2D eigenvalue weighted by atomic mass is 32.2. The molecule has 9 heteroatoms. The molecule has 2 aliphatic heterocycles. The van der Waals surface area contributed by atoms with E-state index in [1.165, 1.54) is 5.56 Å². The topological polar surface area (TPSA) is 96.0 Å². The van der Waals surface area contributed by atoms with Crippen molar-refractivity contribution in [2.75, 3.05) is 49.7 Å². The number of unbranched alkanes of at least 4 members (excludes halogenated alkanes) is 1. The number of anilines is 2. The molecule has 4 aromatic rings. The lowest BCUT2D eigenvalue weighted by molar-refractivity contribution is -0.112. The van der Waals surface area contributed by atoms with Gasteiger partial charge in [-0.1, -0.05) is 38.5 Å². The number of ether oxygens (including phenoxy) is 3. The summed E-state index contributed by atoms with van der Waals surface area (Å²) in [5.74, 6) is 1.11. The molecular weight excluding hydrogens is 683 g/mol. The standard InChI is InChI=1S/C44H53N3O5S/c1-4-6-24-50-26-27-52-39-16-11-34(12-17-39)35-13-20-43-37(28-35)29-36(9-7-23-47(43)30-40-10-8-25-51-40)44(48)46-38-14-18-41(19-15-38)53(49)31-42-32(3)45-22-21-33(42)5-2/h11-22,28-29,40H,4-10,23-27,30-31H2,1-3H3,(H,46,48)/b36-29+/t40-,53+/m0/s1. The number of nitrogens with zero attached hydrogens (tertiary/aromatic N) is 2. The molecule has 0 saturated carbocycles. The lowest BCUT2D eigenvalue weighted by Gasteiger charge is -2.31. The van der Waals surface area contributed by atoms with Gasteiger partial charge in [-0.15, -0.1) is 0 Å². The second-order valence-electron chi connectivity index (χ2n) is 13.8. The zero-order valence-corrected chi connectivity index (χ0v) is 32.2. The second kappa shape index (κ2) is 19.3. The van der Waals surface area contributed by atoms with Crippen molar-refractivity contribution < 1.29 is 23.6 Å². The molecule has 0 unspecified atom stereocenters. The Morgan fingerprint density at radius 1 is 1.00 bits per heavy atom. The summed E-state index contributed by atoms with van der Waals surface area (Å²) in [6.07, 6.45) is 10.8. The third-order valence-electron chi connectivity index (χ3n) is 10.0. The molecule has 1 aromatic heterocycles. The van der Waals surface area contributed by atoms with Crippen LogP contribution in [0.3, 0.4) is 0 Å². The Morgan fingerprint density at radius 2 is 1.81 bits per heavy atom. The van der Waals surface area contributed by atoms with Crippen LogP contribution in [0, 0.1) is 6.92 Å². The van der Waals surface area contributed by atoms with E-state index in [1.807, 2.05) is 55.6 Å². The molecule has 3 heterocycles. The Kier molecular flexibility index (Phi) is 14.0. The van der Waals surface area contributed by atoms with Gasteiger partial charge in [0.05, 0.1) is 12.7 Å². The maximum absolute atomic E-state index is 13.8. The third kappa shape index (κ3) is 10.5. The van der Waals surface area contributed by atoms with Crippen LogP contribution in [0.25, 0.3) is 17.2 Å². The SMILES string of the molecule is CCCCOCCOc1ccc(-c2ccc3c(c2)/C=C(/C(=O)Nc2ccc([S@+]([O-])Cc4c(CC)ccnc4C)cc2)CCCN3C[C@@H]2CCCO2)cc1. The average Bonchev–Trinajstić information content (AvgIpc) is 3.69. The lowest BCUT2D eigenvalue weighted by atomic mass is 9.96. The first-order chi connectivity index (χ1) is 25.9. The van der Waals surface area contributed by atoms with Crippen molar-refractivity contribution in [3.05, 3.63) is 107 Å². The molecule has 6 rings (SSSR count). The molecule has 0 spiro atoms. The number of aryl methyl sites for hydroxylation is 2. The Balaban J connectivity index is 1.18. The Hall–Kier alpha value is -4.15. The monoisotopic (exact) mass is 735 g/mol. The Morgan fingerprint density at radius 3 is 2.57 bits per heavy atom. The van der Waals surface area contributed by atoms with Gasteiger partial charge < -0.3 is 29.0 Å². The number of hydrogen-bond acceptors (Lipinski definition) is 7. The van der Waals surface area contributed by atoms with Crippen LogP contribution in [0.2, 0.25) is 0 Å². The van der Waals surface area contributed by atoms with E-state index in [0.717, 1.165) is 115 Å². The van der Waals surface area contributed by atoms with Crippen molar-refractivity contribution in [2.45, 2.75) is 82.5 Å². The fourth-order valence-electron chi connectivity index (χ4n) is 6.99. The highest BCUT2D eigenvalue weighted by molar-refractivity contribution is 7.90. The van der Waals surface area contributed by atoms with Crippen LogP contribution in [0.4, 0.5) is 11.4 Å². The Bertz CT molecular complexity index is 1820. The molecule has 0 radical (unpaired) electrons. The molecule has 1 saturated heterocycles. The zero-order valence-electron chi connectivity index (χ0n) is 31.4. The highest BCUT2D eigenvalue weighted by Gasteiger charge is 2.24. The molecule has 3 aromatic carbocycles. The minimum atomic E-state index is -1.23. The van der Waals surface area contributed by atoms with Crippen molar-refractivity contribution in [3.8, 4) is 16.9 Å². The quantitative estimate of drug-likeness (QED) is 0.0907. The van der Waals surface area contributed by atoms with E-state index in [1.54, 1.807) is 0 Å². The summed E-state index contributed by atoms with van der Waals surface area (Å²) in [4.78, 5) is 21.4. The number of nitrogens with one attached hydrogen (secondary N) is 1. The van der Waals surface area contributed by atoms with E-state index >= 15 is 0 Å². The first kappa shape index (κ1) is 38.6. The van der Waals surface area contributed by atoms with Gasteiger partial charge in [-0.2, -0.15) is 0 Å². The van der Waals surface area contributed by atoms with Gasteiger partial charge in [0.2, 0.25) is 0 Å². The lowest BCUT2D eigenvalue weighted by Crippen LogP contribution is -2.34.